The predicted octanol–water partition coefficient (Wildman–Crippen LogP) is 2.81. The van der Waals surface area contributed by atoms with Crippen LogP contribution in [-0.4, -0.2) is 44.4 Å². The molecule has 2 N–H and O–H groups in total. The lowest BCUT2D eigenvalue weighted by atomic mass is 10.0. The maximum atomic E-state index is 12.4. The fraction of sp³-hybridized carbons (Fsp3) is 0.333. The first kappa shape index (κ1) is 21.9. The van der Waals surface area contributed by atoms with Crippen LogP contribution in [0.1, 0.15) is 24.9 Å². The largest absolute Gasteiger partial charge is 0.497 e. The van der Waals surface area contributed by atoms with Crippen molar-refractivity contribution in [3.8, 4) is 23.0 Å². The monoisotopic (exact) mass is 403 g/mol. The number of carbonyl (C=O) groups is 2. The molecule has 0 saturated carbocycles. The van der Waals surface area contributed by atoms with Crippen molar-refractivity contribution < 1.29 is 33.6 Å². The number of para-hydroxylation sites is 2. The molecule has 2 aromatic rings. The first-order chi connectivity index (χ1) is 14.0. The fourth-order valence-corrected chi connectivity index (χ4v) is 2.74. The number of hydrogen-bond acceptors (Lipinski definition) is 6. The fourth-order valence-electron chi connectivity index (χ4n) is 2.74. The van der Waals surface area contributed by atoms with Crippen molar-refractivity contribution in [1.82, 2.24) is 5.32 Å². The molecule has 156 valence electrons. The Morgan fingerprint density at radius 2 is 1.69 bits per heavy atom. The smallest absolute Gasteiger partial charge is 0.305 e. The van der Waals surface area contributed by atoms with Crippen LogP contribution in [0.15, 0.2) is 42.5 Å². The molecule has 1 amide bonds. The number of benzene rings is 2. The van der Waals surface area contributed by atoms with Gasteiger partial charge in [-0.25, -0.2) is 0 Å². The predicted molar refractivity (Wildman–Crippen MR) is 106 cm³/mol. The molecule has 0 fully saturated rings. The van der Waals surface area contributed by atoms with Gasteiger partial charge < -0.3 is 29.4 Å². The number of rotatable bonds is 11. The Bertz CT molecular complexity index is 838. The molecule has 0 bridgehead atoms. The molecule has 0 aromatic heterocycles. The number of carbonyl (C=O) groups excluding carboxylic acids is 1. The van der Waals surface area contributed by atoms with Crippen LogP contribution >= 0.6 is 0 Å². The van der Waals surface area contributed by atoms with Crippen molar-refractivity contribution in [2.45, 2.75) is 19.4 Å². The van der Waals surface area contributed by atoms with E-state index in [4.69, 9.17) is 18.9 Å². The lowest BCUT2D eigenvalue weighted by Crippen LogP contribution is -2.34. The number of ether oxygens (including phenoxy) is 4. The number of amides is 1. The van der Waals surface area contributed by atoms with E-state index in [0.717, 1.165) is 0 Å². The molecule has 0 aliphatic heterocycles. The van der Waals surface area contributed by atoms with Crippen molar-refractivity contribution in [2.24, 2.45) is 0 Å². The minimum atomic E-state index is -1.06. The minimum absolute atomic E-state index is 0.293. The van der Waals surface area contributed by atoms with Crippen LogP contribution in [0.5, 0.6) is 23.0 Å². The number of nitrogens with one attached hydrogen (secondary N) is 1. The molecule has 0 aliphatic rings. The Balaban J connectivity index is 2.12. The molecular weight excluding hydrogens is 378 g/mol. The molecule has 2 rings (SSSR count). The van der Waals surface area contributed by atoms with Gasteiger partial charge in [0.05, 0.1) is 33.3 Å². The van der Waals surface area contributed by atoms with E-state index >= 15 is 0 Å². The van der Waals surface area contributed by atoms with Crippen LogP contribution in [0.25, 0.3) is 0 Å². The van der Waals surface area contributed by atoms with Crippen LogP contribution in [-0.2, 0) is 9.59 Å². The zero-order valence-electron chi connectivity index (χ0n) is 16.6. The van der Waals surface area contributed by atoms with Crippen LogP contribution in [0.4, 0.5) is 0 Å². The number of methoxy groups -OCH3 is 2. The van der Waals surface area contributed by atoms with Gasteiger partial charge in [0.1, 0.15) is 11.5 Å². The molecule has 2 aromatic carbocycles. The summed E-state index contributed by atoms with van der Waals surface area (Å²) >= 11 is 0. The van der Waals surface area contributed by atoms with Gasteiger partial charge >= 0.3 is 5.97 Å². The summed E-state index contributed by atoms with van der Waals surface area (Å²) in [5.41, 5.74) is 0.527. The van der Waals surface area contributed by atoms with Crippen molar-refractivity contribution >= 4 is 11.9 Å². The molecule has 0 aliphatic carbocycles. The summed E-state index contributed by atoms with van der Waals surface area (Å²) in [5.74, 6) is 0.402. The van der Waals surface area contributed by atoms with E-state index < -0.39 is 17.9 Å². The van der Waals surface area contributed by atoms with Crippen LogP contribution in [0.2, 0.25) is 0 Å². The van der Waals surface area contributed by atoms with Gasteiger partial charge in [-0.2, -0.15) is 0 Å². The third kappa shape index (κ3) is 6.31. The van der Waals surface area contributed by atoms with Gasteiger partial charge in [-0.3, -0.25) is 9.59 Å². The molecule has 8 heteroatoms. The summed E-state index contributed by atoms with van der Waals surface area (Å²) in [6, 6.07) is 11.2. The van der Waals surface area contributed by atoms with Gasteiger partial charge in [0.25, 0.3) is 5.91 Å². The third-order valence-corrected chi connectivity index (χ3v) is 4.04. The van der Waals surface area contributed by atoms with E-state index in [1.54, 1.807) is 42.5 Å². The van der Waals surface area contributed by atoms with E-state index in [2.05, 4.69) is 5.32 Å². The average Bonchev–Trinajstić information content (AvgIpc) is 2.72. The molecule has 0 heterocycles. The van der Waals surface area contributed by atoms with Gasteiger partial charge in [0.2, 0.25) is 0 Å². The first-order valence-corrected chi connectivity index (χ1v) is 9.06. The van der Waals surface area contributed by atoms with Crippen LogP contribution in [0, 0.1) is 0 Å². The van der Waals surface area contributed by atoms with E-state index in [-0.39, 0.29) is 13.0 Å². The highest BCUT2D eigenvalue weighted by molar-refractivity contribution is 5.79. The standard InChI is InChI=1S/C21H25NO7/c1-4-28-17-7-5-6-8-18(17)29-13-20(23)22-16(12-21(24)25)15-10-9-14(26-2)11-19(15)27-3/h5-11,16H,4,12-13H2,1-3H3,(H,22,23)(H,24,25)/t16-/m0/s1. The topological polar surface area (TPSA) is 103 Å². The SMILES string of the molecule is CCOc1ccccc1OCC(=O)N[C@@H](CC(=O)O)c1ccc(OC)cc1OC. The maximum absolute atomic E-state index is 12.4. The quantitative estimate of drug-likeness (QED) is 0.595. The zero-order valence-corrected chi connectivity index (χ0v) is 16.6. The zero-order chi connectivity index (χ0) is 21.2. The average molecular weight is 403 g/mol. The van der Waals surface area contributed by atoms with Gasteiger partial charge in [-0.1, -0.05) is 12.1 Å². The Morgan fingerprint density at radius 3 is 2.28 bits per heavy atom. The van der Waals surface area contributed by atoms with Crippen LogP contribution < -0.4 is 24.3 Å². The molecule has 1 atom stereocenters. The lowest BCUT2D eigenvalue weighted by molar-refractivity contribution is -0.137. The highest BCUT2D eigenvalue weighted by atomic mass is 16.5. The van der Waals surface area contributed by atoms with Gasteiger partial charge in [-0.05, 0) is 31.2 Å². The summed E-state index contributed by atoms with van der Waals surface area (Å²) < 4.78 is 21.5. The molecule has 0 unspecified atom stereocenters. The second-order valence-corrected chi connectivity index (χ2v) is 5.99. The molecule has 8 nitrogen and oxygen atoms in total. The Morgan fingerprint density at radius 1 is 1.00 bits per heavy atom. The number of carboxylic acid groups (broad SMARTS) is 1. The van der Waals surface area contributed by atoms with E-state index in [1.165, 1.54) is 14.2 Å². The van der Waals surface area contributed by atoms with Gasteiger partial charge in [-0.15, -0.1) is 0 Å². The summed E-state index contributed by atoms with van der Waals surface area (Å²) in [5, 5.41) is 12.0. The molecule has 0 spiro atoms. The van der Waals surface area contributed by atoms with Crippen molar-refractivity contribution in [3.63, 3.8) is 0 Å². The van der Waals surface area contributed by atoms with Crippen molar-refractivity contribution in [1.29, 1.82) is 0 Å². The summed E-state index contributed by atoms with van der Waals surface area (Å²) in [6.45, 7) is 2.02. The molecular formula is C21H25NO7. The molecule has 0 saturated heterocycles. The normalized spacial score (nSPS) is 11.3. The second-order valence-electron chi connectivity index (χ2n) is 5.99. The molecule has 0 radical (unpaired) electrons. The summed E-state index contributed by atoms with van der Waals surface area (Å²) in [6.07, 6.45) is -0.316. The Hall–Kier alpha value is -3.42. The Kier molecular flexibility index (Phi) is 8.14. The third-order valence-electron chi connectivity index (χ3n) is 4.04. The lowest BCUT2D eigenvalue weighted by Gasteiger charge is -2.21. The number of carboxylic acids is 1. The van der Waals surface area contributed by atoms with Crippen molar-refractivity contribution in [3.05, 3.63) is 48.0 Å². The van der Waals surface area contributed by atoms with Gasteiger partial charge in [0.15, 0.2) is 18.1 Å². The first-order valence-electron chi connectivity index (χ1n) is 9.06. The van der Waals surface area contributed by atoms with E-state index in [0.29, 0.717) is 35.2 Å². The maximum Gasteiger partial charge on any atom is 0.305 e. The van der Waals surface area contributed by atoms with E-state index in [1.807, 2.05) is 6.92 Å². The Labute approximate surface area is 169 Å². The number of aliphatic carboxylic acids is 1. The highest BCUT2D eigenvalue weighted by Gasteiger charge is 2.22. The van der Waals surface area contributed by atoms with Crippen LogP contribution in [0.3, 0.4) is 0 Å². The molecule has 29 heavy (non-hydrogen) atoms. The second kappa shape index (κ2) is 10.8. The highest BCUT2D eigenvalue weighted by Crippen LogP contribution is 2.31. The minimum Gasteiger partial charge on any atom is -0.497 e. The van der Waals surface area contributed by atoms with E-state index in [9.17, 15) is 14.7 Å². The van der Waals surface area contributed by atoms with Crippen molar-refractivity contribution in [2.75, 3.05) is 27.4 Å². The summed E-state index contributed by atoms with van der Waals surface area (Å²) in [4.78, 5) is 23.8. The van der Waals surface area contributed by atoms with Gasteiger partial charge in [0, 0.05) is 11.6 Å². The number of hydrogen-bond donors (Lipinski definition) is 2. The summed E-state index contributed by atoms with van der Waals surface area (Å²) in [7, 11) is 2.98.